The zero-order chi connectivity index (χ0) is 19.8. The first kappa shape index (κ1) is 24.6. The molecule has 0 aromatic heterocycles. The van der Waals surface area contributed by atoms with Crippen molar-refractivity contribution in [3.05, 3.63) is 12.3 Å². The van der Waals surface area contributed by atoms with Crippen LogP contribution in [0.2, 0.25) is 0 Å². The molecule has 7 nitrogen and oxygen atoms in total. The van der Waals surface area contributed by atoms with Crippen molar-refractivity contribution < 1.29 is 32.0 Å². The molecule has 1 N–H and O–H groups in total. The van der Waals surface area contributed by atoms with Gasteiger partial charge in [0.15, 0.2) is 5.25 Å². The summed E-state index contributed by atoms with van der Waals surface area (Å²) >= 11 is 0. The second-order valence-corrected chi connectivity index (χ2v) is 7.76. The van der Waals surface area contributed by atoms with Crippen LogP contribution in [0, 0.1) is 0 Å². The Balaban J connectivity index is 4.06. The highest BCUT2D eigenvalue weighted by Crippen LogP contribution is 2.11. The molecule has 0 saturated carbocycles. The number of rotatable bonds is 15. The van der Waals surface area contributed by atoms with Gasteiger partial charge in [-0.05, 0) is 13.3 Å². The third kappa shape index (κ3) is 12.9. The van der Waals surface area contributed by atoms with Crippen LogP contribution in [0.3, 0.4) is 0 Å². The van der Waals surface area contributed by atoms with Gasteiger partial charge in [-0.15, -0.1) is 0 Å². The molecule has 0 radical (unpaired) electrons. The molecule has 0 spiro atoms. The molecule has 1 atom stereocenters. The number of carbonyl (C=O) groups excluding carboxylic acids is 2. The van der Waals surface area contributed by atoms with Gasteiger partial charge in [0.1, 0.15) is 0 Å². The Morgan fingerprint density at radius 1 is 1.00 bits per heavy atom. The quantitative estimate of drug-likeness (QED) is 0.195. The van der Waals surface area contributed by atoms with Gasteiger partial charge in [-0.2, -0.15) is 8.42 Å². The number of hydrogen-bond acceptors (Lipinski definition) is 6. The molecule has 0 aliphatic carbocycles. The van der Waals surface area contributed by atoms with Crippen LogP contribution < -0.4 is 0 Å². The predicted octanol–water partition coefficient (Wildman–Crippen LogP) is 3.78. The van der Waals surface area contributed by atoms with Gasteiger partial charge in [0, 0.05) is 0 Å². The zero-order valence-electron chi connectivity index (χ0n) is 15.8. The maximum absolute atomic E-state index is 11.8. The van der Waals surface area contributed by atoms with Gasteiger partial charge in [-0.1, -0.05) is 64.4 Å². The van der Waals surface area contributed by atoms with Crippen LogP contribution in [-0.2, 0) is 29.2 Å². The zero-order valence-corrected chi connectivity index (χ0v) is 16.6. The Morgan fingerprint density at radius 2 is 1.54 bits per heavy atom. The normalized spacial score (nSPS) is 12.9. The molecular weight excluding hydrogens is 360 g/mol. The summed E-state index contributed by atoms with van der Waals surface area (Å²) in [6, 6.07) is 0. The van der Waals surface area contributed by atoms with Crippen LogP contribution in [-0.4, -0.2) is 36.8 Å². The largest absolute Gasteiger partial charge is 0.465 e. The van der Waals surface area contributed by atoms with Crippen molar-refractivity contribution in [3.8, 4) is 0 Å². The van der Waals surface area contributed by atoms with Gasteiger partial charge in [0.25, 0.3) is 10.1 Å². The van der Waals surface area contributed by atoms with Crippen LogP contribution in [0.5, 0.6) is 0 Å². The molecule has 0 bridgehead atoms. The first-order valence-electron chi connectivity index (χ1n) is 9.26. The lowest BCUT2D eigenvalue weighted by Crippen LogP contribution is -2.34. The molecule has 152 valence electrons. The Morgan fingerprint density at radius 3 is 2.04 bits per heavy atom. The van der Waals surface area contributed by atoms with Gasteiger partial charge < -0.3 is 9.47 Å². The van der Waals surface area contributed by atoms with Gasteiger partial charge in [0.05, 0.1) is 19.3 Å². The number of hydrogen-bond donors (Lipinski definition) is 1. The van der Waals surface area contributed by atoms with Crippen molar-refractivity contribution in [2.45, 2.75) is 83.3 Å². The highest BCUT2D eigenvalue weighted by molar-refractivity contribution is 7.87. The minimum atomic E-state index is -4.75. The standard InChI is InChI=1S/C18H32O7S/c1-3-5-6-7-8-9-10-11-12-14-25-18(20)16(26(21,22)23)15-17(19)24-13-4-2/h4,13,16H,3,5-12,14-15H2,1-2H3,(H,21,22,23)/b13-4+. The fourth-order valence-electron chi connectivity index (χ4n) is 2.33. The summed E-state index contributed by atoms with van der Waals surface area (Å²) in [5.74, 6) is -2.07. The number of ether oxygens (including phenoxy) is 2. The molecule has 26 heavy (non-hydrogen) atoms. The van der Waals surface area contributed by atoms with E-state index in [0.717, 1.165) is 25.5 Å². The van der Waals surface area contributed by atoms with Crippen molar-refractivity contribution >= 4 is 22.1 Å². The van der Waals surface area contributed by atoms with Crippen molar-refractivity contribution in [1.29, 1.82) is 0 Å². The predicted molar refractivity (Wildman–Crippen MR) is 99.0 cm³/mol. The lowest BCUT2D eigenvalue weighted by Gasteiger charge is -2.12. The number of unbranched alkanes of at least 4 members (excludes halogenated alkanes) is 8. The minimum absolute atomic E-state index is 0.0601. The summed E-state index contributed by atoms with van der Waals surface area (Å²) in [6.07, 6.45) is 11.5. The van der Waals surface area contributed by atoms with Gasteiger partial charge >= 0.3 is 11.9 Å². The van der Waals surface area contributed by atoms with E-state index in [4.69, 9.17) is 9.29 Å². The van der Waals surface area contributed by atoms with E-state index in [9.17, 15) is 18.0 Å². The molecule has 0 aromatic carbocycles. The summed E-state index contributed by atoms with van der Waals surface area (Å²) in [5.41, 5.74) is 0. The monoisotopic (exact) mass is 392 g/mol. The SMILES string of the molecule is C/C=C/OC(=O)CC(C(=O)OCCCCCCCCCCC)S(=O)(=O)O. The molecule has 0 saturated heterocycles. The second-order valence-electron chi connectivity index (χ2n) is 6.16. The Kier molecular flexibility index (Phi) is 13.9. The Labute approximate surface area is 156 Å². The van der Waals surface area contributed by atoms with Crippen LogP contribution in [0.25, 0.3) is 0 Å². The van der Waals surface area contributed by atoms with Gasteiger partial charge in [0.2, 0.25) is 0 Å². The summed E-state index contributed by atoms with van der Waals surface area (Å²) in [5, 5.41) is -1.96. The number of carbonyl (C=O) groups is 2. The lowest BCUT2D eigenvalue weighted by molar-refractivity contribution is -0.147. The van der Waals surface area contributed by atoms with Gasteiger partial charge in [-0.3, -0.25) is 14.1 Å². The first-order valence-corrected chi connectivity index (χ1v) is 10.8. The third-order valence-corrected chi connectivity index (χ3v) is 4.88. The molecule has 0 aromatic rings. The molecule has 0 rings (SSSR count). The van der Waals surface area contributed by atoms with Crippen molar-refractivity contribution in [3.63, 3.8) is 0 Å². The third-order valence-electron chi connectivity index (χ3n) is 3.80. The summed E-state index contributed by atoms with van der Waals surface area (Å²) in [4.78, 5) is 23.3. The van der Waals surface area contributed by atoms with E-state index in [-0.39, 0.29) is 6.61 Å². The minimum Gasteiger partial charge on any atom is -0.465 e. The second kappa shape index (κ2) is 14.7. The van der Waals surface area contributed by atoms with E-state index in [1.54, 1.807) is 6.92 Å². The number of esters is 2. The topological polar surface area (TPSA) is 107 Å². The summed E-state index contributed by atoms with van der Waals surface area (Å²) in [6.45, 7) is 3.84. The lowest BCUT2D eigenvalue weighted by atomic mass is 10.1. The summed E-state index contributed by atoms with van der Waals surface area (Å²) < 4.78 is 41.2. The molecule has 0 amide bonds. The number of allylic oxidation sites excluding steroid dienone is 1. The molecule has 0 fully saturated rings. The van der Waals surface area contributed by atoms with Crippen molar-refractivity contribution in [2.24, 2.45) is 0 Å². The van der Waals surface area contributed by atoms with Crippen LogP contribution >= 0.6 is 0 Å². The van der Waals surface area contributed by atoms with E-state index in [2.05, 4.69) is 11.7 Å². The highest BCUT2D eigenvalue weighted by Gasteiger charge is 2.35. The van der Waals surface area contributed by atoms with E-state index in [1.807, 2.05) is 0 Å². The van der Waals surface area contributed by atoms with E-state index < -0.39 is 33.7 Å². The highest BCUT2D eigenvalue weighted by atomic mass is 32.2. The van der Waals surface area contributed by atoms with E-state index >= 15 is 0 Å². The molecule has 1 unspecified atom stereocenters. The molecule has 8 heteroatoms. The van der Waals surface area contributed by atoms with Crippen LogP contribution in [0.1, 0.15) is 78.1 Å². The van der Waals surface area contributed by atoms with Crippen molar-refractivity contribution in [2.75, 3.05) is 6.61 Å². The van der Waals surface area contributed by atoms with Gasteiger partial charge in [-0.25, -0.2) is 0 Å². The maximum Gasteiger partial charge on any atom is 0.327 e. The Hall–Kier alpha value is -1.41. The van der Waals surface area contributed by atoms with E-state index in [1.165, 1.54) is 38.2 Å². The molecule has 0 aliphatic rings. The van der Waals surface area contributed by atoms with Crippen LogP contribution in [0.15, 0.2) is 12.3 Å². The average Bonchev–Trinajstić information content (AvgIpc) is 2.58. The fourth-order valence-corrected chi connectivity index (χ4v) is 2.99. The van der Waals surface area contributed by atoms with Crippen molar-refractivity contribution in [1.82, 2.24) is 0 Å². The van der Waals surface area contributed by atoms with E-state index in [0.29, 0.717) is 6.42 Å². The summed E-state index contributed by atoms with van der Waals surface area (Å²) in [7, 11) is -4.75. The molecular formula is C18H32O7S. The molecule has 0 heterocycles. The maximum atomic E-state index is 11.8. The first-order chi connectivity index (χ1) is 12.3. The fraction of sp³-hybridized carbons (Fsp3) is 0.778. The molecule has 0 aliphatic heterocycles. The smallest absolute Gasteiger partial charge is 0.327 e. The Bertz CT molecular complexity index is 526. The van der Waals surface area contributed by atoms with Crippen LogP contribution in [0.4, 0.5) is 0 Å². The average molecular weight is 393 g/mol.